The largest absolute Gasteiger partial charge is 0.494 e. The number of nitrogens with zero attached hydrogens (tertiary/aromatic N) is 2. The molecule has 0 bridgehead atoms. The highest BCUT2D eigenvalue weighted by Gasteiger charge is 2.13. The third kappa shape index (κ3) is 3.62. The predicted octanol–water partition coefficient (Wildman–Crippen LogP) is 3.31. The molecule has 112 valence electrons. The van der Waals surface area contributed by atoms with Crippen molar-refractivity contribution in [2.75, 3.05) is 6.61 Å². The lowest BCUT2D eigenvalue weighted by atomic mass is 10.2. The van der Waals surface area contributed by atoms with Crippen LogP contribution in [0.2, 0.25) is 0 Å². The van der Waals surface area contributed by atoms with E-state index in [9.17, 15) is 4.79 Å². The maximum absolute atomic E-state index is 11.0. The van der Waals surface area contributed by atoms with Crippen molar-refractivity contribution in [2.45, 2.75) is 33.1 Å². The SMILES string of the molecule is CCCCOc1ccc(-n2nc(C(=O)O)cc2CC)cc1. The van der Waals surface area contributed by atoms with Crippen molar-refractivity contribution in [1.29, 1.82) is 0 Å². The van der Waals surface area contributed by atoms with Crippen molar-refractivity contribution in [3.05, 3.63) is 41.7 Å². The summed E-state index contributed by atoms with van der Waals surface area (Å²) in [5.41, 5.74) is 1.77. The fourth-order valence-corrected chi connectivity index (χ4v) is 2.02. The maximum atomic E-state index is 11.0. The first-order valence-corrected chi connectivity index (χ1v) is 7.21. The summed E-state index contributed by atoms with van der Waals surface area (Å²) >= 11 is 0. The first kappa shape index (κ1) is 15.1. The van der Waals surface area contributed by atoms with Gasteiger partial charge >= 0.3 is 5.97 Å². The summed E-state index contributed by atoms with van der Waals surface area (Å²) in [4.78, 5) is 11.0. The van der Waals surface area contributed by atoms with Crippen molar-refractivity contribution in [1.82, 2.24) is 9.78 Å². The molecule has 0 unspecified atom stereocenters. The molecule has 1 heterocycles. The number of carbonyl (C=O) groups is 1. The van der Waals surface area contributed by atoms with Crippen LogP contribution in [0.25, 0.3) is 5.69 Å². The Labute approximate surface area is 124 Å². The van der Waals surface area contributed by atoms with Gasteiger partial charge in [0.1, 0.15) is 5.75 Å². The van der Waals surface area contributed by atoms with Gasteiger partial charge in [-0.05, 0) is 43.2 Å². The Morgan fingerprint density at radius 2 is 2.00 bits per heavy atom. The molecule has 1 aromatic carbocycles. The molecule has 0 saturated heterocycles. The first-order valence-electron chi connectivity index (χ1n) is 7.21. The van der Waals surface area contributed by atoms with E-state index in [1.807, 2.05) is 31.2 Å². The third-order valence-electron chi connectivity index (χ3n) is 3.21. The Balaban J connectivity index is 2.20. The molecule has 5 heteroatoms. The quantitative estimate of drug-likeness (QED) is 0.794. The van der Waals surface area contributed by atoms with Gasteiger partial charge in [0.15, 0.2) is 5.69 Å². The van der Waals surface area contributed by atoms with E-state index in [2.05, 4.69) is 12.0 Å². The molecule has 0 aliphatic carbocycles. The van der Waals surface area contributed by atoms with Gasteiger partial charge in [-0.25, -0.2) is 9.48 Å². The molecule has 0 amide bonds. The Kier molecular flexibility index (Phi) is 4.98. The number of rotatable bonds is 7. The van der Waals surface area contributed by atoms with Gasteiger partial charge < -0.3 is 9.84 Å². The van der Waals surface area contributed by atoms with Crippen molar-refractivity contribution in [3.63, 3.8) is 0 Å². The van der Waals surface area contributed by atoms with Crippen LogP contribution in [0.4, 0.5) is 0 Å². The molecule has 0 radical (unpaired) electrons. The zero-order valence-corrected chi connectivity index (χ0v) is 12.4. The van der Waals surface area contributed by atoms with Gasteiger partial charge in [-0.1, -0.05) is 20.3 Å². The van der Waals surface area contributed by atoms with Crippen molar-refractivity contribution >= 4 is 5.97 Å². The van der Waals surface area contributed by atoms with E-state index in [-0.39, 0.29) is 5.69 Å². The summed E-state index contributed by atoms with van der Waals surface area (Å²) < 4.78 is 7.28. The molecule has 1 aromatic heterocycles. The van der Waals surface area contributed by atoms with E-state index >= 15 is 0 Å². The molecular formula is C16H20N2O3. The molecule has 21 heavy (non-hydrogen) atoms. The summed E-state index contributed by atoms with van der Waals surface area (Å²) in [6.45, 7) is 4.80. The smallest absolute Gasteiger partial charge is 0.356 e. The highest BCUT2D eigenvalue weighted by atomic mass is 16.5. The lowest BCUT2D eigenvalue weighted by Crippen LogP contribution is -2.03. The van der Waals surface area contributed by atoms with Gasteiger partial charge in [-0.2, -0.15) is 5.10 Å². The minimum atomic E-state index is -1.01. The third-order valence-corrected chi connectivity index (χ3v) is 3.21. The maximum Gasteiger partial charge on any atom is 0.356 e. The van der Waals surface area contributed by atoms with E-state index in [1.165, 1.54) is 0 Å². The topological polar surface area (TPSA) is 64.4 Å². The number of carboxylic acids is 1. The summed E-state index contributed by atoms with van der Waals surface area (Å²) in [6, 6.07) is 9.14. The Morgan fingerprint density at radius 3 is 2.57 bits per heavy atom. The number of aromatic carboxylic acids is 1. The first-order chi connectivity index (χ1) is 10.2. The molecule has 1 N–H and O–H groups in total. The summed E-state index contributed by atoms with van der Waals surface area (Å²) in [7, 11) is 0. The molecule has 0 aliphatic rings. The molecule has 0 fully saturated rings. The Morgan fingerprint density at radius 1 is 1.29 bits per heavy atom. The van der Waals surface area contributed by atoms with E-state index in [0.29, 0.717) is 6.61 Å². The van der Waals surface area contributed by atoms with Crippen LogP contribution in [-0.2, 0) is 6.42 Å². The van der Waals surface area contributed by atoms with Crippen LogP contribution in [0.5, 0.6) is 5.75 Å². The van der Waals surface area contributed by atoms with Crippen molar-refractivity contribution in [2.24, 2.45) is 0 Å². The van der Waals surface area contributed by atoms with Crippen LogP contribution >= 0.6 is 0 Å². The van der Waals surface area contributed by atoms with Gasteiger partial charge in [0.05, 0.1) is 12.3 Å². The van der Waals surface area contributed by atoms with Crippen LogP contribution in [0.3, 0.4) is 0 Å². The van der Waals surface area contributed by atoms with Crippen LogP contribution in [0.1, 0.15) is 42.9 Å². The zero-order chi connectivity index (χ0) is 15.2. The van der Waals surface area contributed by atoms with Crippen LogP contribution in [-0.4, -0.2) is 27.5 Å². The summed E-state index contributed by atoms with van der Waals surface area (Å²) in [6.07, 6.45) is 2.85. The minimum absolute atomic E-state index is 0.0649. The lowest BCUT2D eigenvalue weighted by molar-refractivity contribution is 0.0690. The lowest BCUT2D eigenvalue weighted by Gasteiger charge is -2.08. The van der Waals surface area contributed by atoms with E-state index in [0.717, 1.165) is 36.4 Å². The number of aryl methyl sites for hydroxylation is 1. The highest BCUT2D eigenvalue weighted by Crippen LogP contribution is 2.18. The van der Waals surface area contributed by atoms with Gasteiger partial charge in [-0.3, -0.25) is 0 Å². The normalized spacial score (nSPS) is 10.6. The highest BCUT2D eigenvalue weighted by molar-refractivity contribution is 5.85. The second-order valence-electron chi connectivity index (χ2n) is 4.79. The van der Waals surface area contributed by atoms with Gasteiger partial charge in [-0.15, -0.1) is 0 Å². The number of benzene rings is 1. The minimum Gasteiger partial charge on any atom is -0.494 e. The van der Waals surface area contributed by atoms with Crippen LogP contribution < -0.4 is 4.74 Å². The molecule has 0 aliphatic heterocycles. The zero-order valence-electron chi connectivity index (χ0n) is 12.4. The molecule has 0 atom stereocenters. The average molecular weight is 288 g/mol. The Bertz CT molecular complexity index is 602. The Hall–Kier alpha value is -2.30. The second kappa shape index (κ2) is 6.92. The molecule has 5 nitrogen and oxygen atoms in total. The fourth-order valence-electron chi connectivity index (χ4n) is 2.02. The monoisotopic (exact) mass is 288 g/mol. The van der Waals surface area contributed by atoms with Crippen LogP contribution in [0, 0.1) is 0 Å². The second-order valence-corrected chi connectivity index (χ2v) is 4.79. The molecule has 2 aromatic rings. The van der Waals surface area contributed by atoms with Gasteiger partial charge in [0.2, 0.25) is 0 Å². The fraction of sp³-hybridized carbons (Fsp3) is 0.375. The van der Waals surface area contributed by atoms with E-state index in [1.54, 1.807) is 10.7 Å². The number of aromatic nitrogens is 2. The number of ether oxygens (including phenoxy) is 1. The summed E-state index contributed by atoms with van der Waals surface area (Å²) in [5.74, 6) is -0.196. The van der Waals surface area contributed by atoms with Crippen LogP contribution in [0.15, 0.2) is 30.3 Å². The number of hydrogen-bond acceptors (Lipinski definition) is 3. The average Bonchev–Trinajstić information content (AvgIpc) is 2.93. The standard InChI is InChI=1S/C16H20N2O3/c1-3-5-10-21-14-8-6-13(7-9-14)18-12(4-2)11-15(17-18)16(19)20/h6-9,11H,3-5,10H2,1-2H3,(H,19,20). The number of unbranched alkanes of at least 4 members (excludes halogenated alkanes) is 1. The molecular weight excluding hydrogens is 268 g/mol. The number of hydrogen-bond donors (Lipinski definition) is 1. The predicted molar refractivity (Wildman–Crippen MR) is 80.3 cm³/mol. The summed E-state index contributed by atoms with van der Waals surface area (Å²) in [5, 5.41) is 13.2. The molecule has 0 spiro atoms. The van der Waals surface area contributed by atoms with E-state index < -0.39 is 5.97 Å². The molecule has 0 saturated carbocycles. The number of carboxylic acid groups (broad SMARTS) is 1. The molecule has 2 rings (SSSR count). The van der Waals surface area contributed by atoms with Gasteiger partial charge in [0.25, 0.3) is 0 Å². The van der Waals surface area contributed by atoms with Crippen molar-refractivity contribution in [3.8, 4) is 11.4 Å². The van der Waals surface area contributed by atoms with Gasteiger partial charge in [0, 0.05) is 5.69 Å². The van der Waals surface area contributed by atoms with E-state index in [4.69, 9.17) is 9.84 Å². The van der Waals surface area contributed by atoms with Crippen molar-refractivity contribution < 1.29 is 14.6 Å².